The Hall–Kier alpha value is -1.34. The first-order valence-electron chi connectivity index (χ1n) is 9.69. The summed E-state index contributed by atoms with van der Waals surface area (Å²) < 4.78 is 5.28. The van der Waals surface area contributed by atoms with E-state index in [0.29, 0.717) is 55.5 Å². The van der Waals surface area contributed by atoms with Crippen molar-refractivity contribution in [3.05, 3.63) is 28.8 Å². The van der Waals surface area contributed by atoms with Gasteiger partial charge in [0.05, 0.1) is 23.8 Å². The van der Waals surface area contributed by atoms with E-state index in [1.54, 1.807) is 23.1 Å². The third kappa shape index (κ3) is 5.60. The molecule has 0 bridgehead atoms. The zero-order valence-electron chi connectivity index (χ0n) is 16.0. The van der Waals surface area contributed by atoms with E-state index < -0.39 is 0 Å². The number of nitrogens with two attached hydrogens (primary N) is 1. The predicted octanol–water partition coefficient (Wildman–Crippen LogP) is 3.47. The molecule has 3 rings (SSSR count). The lowest BCUT2D eigenvalue weighted by Gasteiger charge is -2.35. The summed E-state index contributed by atoms with van der Waals surface area (Å²) in [6.07, 6.45) is 5.92. The van der Waals surface area contributed by atoms with E-state index >= 15 is 0 Å². The second kappa shape index (κ2) is 10.4. The summed E-state index contributed by atoms with van der Waals surface area (Å²) >= 11 is 6.32. The molecule has 2 fully saturated rings. The van der Waals surface area contributed by atoms with Gasteiger partial charge in [0.1, 0.15) is 0 Å². The van der Waals surface area contributed by atoms with E-state index in [1.807, 2.05) is 0 Å². The zero-order chi connectivity index (χ0) is 19.3. The molecular formula is C20H29Cl2N3O3. The van der Waals surface area contributed by atoms with E-state index in [9.17, 15) is 9.59 Å². The van der Waals surface area contributed by atoms with Crippen LogP contribution in [0, 0.1) is 5.41 Å². The van der Waals surface area contributed by atoms with Crippen LogP contribution in [0.3, 0.4) is 0 Å². The van der Waals surface area contributed by atoms with Gasteiger partial charge in [-0.2, -0.15) is 0 Å². The molecule has 0 unspecified atom stereocenters. The van der Waals surface area contributed by atoms with Gasteiger partial charge in [-0.3, -0.25) is 9.59 Å². The highest BCUT2D eigenvalue weighted by atomic mass is 35.5. The van der Waals surface area contributed by atoms with Gasteiger partial charge in [0.2, 0.25) is 5.91 Å². The summed E-state index contributed by atoms with van der Waals surface area (Å²) in [4.78, 5) is 26.8. The van der Waals surface area contributed by atoms with Crippen molar-refractivity contribution in [1.82, 2.24) is 4.90 Å². The van der Waals surface area contributed by atoms with Crippen LogP contribution in [-0.2, 0) is 9.53 Å². The smallest absolute Gasteiger partial charge is 0.255 e. The van der Waals surface area contributed by atoms with Gasteiger partial charge in [0.15, 0.2) is 0 Å². The van der Waals surface area contributed by atoms with Crippen LogP contribution in [0.25, 0.3) is 0 Å². The highest BCUT2D eigenvalue weighted by molar-refractivity contribution is 6.34. The van der Waals surface area contributed by atoms with Crippen molar-refractivity contribution in [2.24, 2.45) is 11.1 Å². The fraction of sp³-hybridized carbons (Fsp3) is 0.600. The van der Waals surface area contributed by atoms with Crippen molar-refractivity contribution in [2.45, 2.75) is 38.5 Å². The summed E-state index contributed by atoms with van der Waals surface area (Å²) in [6.45, 7) is 2.75. The maximum absolute atomic E-state index is 12.6. The summed E-state index contributed by atoms with van der Waals surface area (Å²) in [6, 6.07) is 5.05. The molecule has 0 spiro atoms. The quantitative estimate of drug-likeness (QED) is 0.749. The molecule has 28 heavy (non-hydrogen) atoms. The molecule has 1 aliphatic heterocycles. The Kier molecular flexibility index (Phi) is 8.56. The molecule has 2 amide bonds. The first-order chi connectivity index (χ1) is 13.0. The lowest BCUT2D eigenvalue weighted by atomic mass is 9.71. The maximum atomic E-state index is 12.6. The van der Waals surface area contributed by atoms with Crippen LogP contribution in [-0.4, -0.2) is 49.6 Å². The Morgan fingerprint density at radius 3 is 2.46 bits per heavy atom. The van der Waals surface area contributed by atoms with Crippen molar-refractivity contribution >= 4 is 41.5 Å². The number of ether oxygens (including phenoxy) is 1. The Morgan fingerprint density at radius 2 is 1.86 bits per heavy atom. The van der Waals surface area contributed by atoms with Crippen LogP contribution in [0.5, 0.6) is 0 Å². The molecule has 2 aliphatic rings. The van der Waals surface area contributed by atoms with Crippen LogP contribution < -0.4 is 11.1 Å². The van der Waals surface area contributed by atoms with Gasteiger partial charge in [-0.15, -0.1) is 12.4 Å². The Labute approximate surface area is 177 Å². The molecule has 1 heterocycles. The second-order valence-electron chi connectivity index (χ2n) is 7.59. The minimum atomic E-state index is -0.106. The van der Waals surface area contributed by atoms with Gasteiger partial charge >= 0.3 is 0 Å². The van der Waals surface area contributed by atoms with E-state index in [-0.39, 0.29) is 29.6 Å². The van der Waals surface area contributed by atoms with E-state index in [1.165, 1.54) is 6.42 Å². The van der Waals surface area contributed by atoms with Crippen molar-refractivity contribution < 1.29 is 14.3 Å². The predicted molar refractivity (Wildman–Crippen MR) is 113 cm³/mol. The highest BCUT2D eigenvalue weighted by Crippen LogP contribution is 2.38. The number of nitrogens with one attached hydrogen (secondary N) is 1. The summed E-state index contributed by atoms with van der Waals surface area (Å²) in [7, 11) is 0. The fourth-order valence-corrected chi connectivity index (χ4v) is 4.27. The number of rotatable bonds is 5. The number of carbonyl (C=O) groups excluding carboxylic acids is 2. The molecule has 8 heteroatoms. The highest BCUT2D eigenvalue weighted by Gasteiger charge is 2.33. The van der Waals surface area contributed by atoms with Crippen LogP contribution in [0.15, 0.2) is 18.2 Å². The van der Waals surface area contributed by atoms with Crippen molar-refractivity contribution in [3.8, 4) is 0 Å². The van der Waals surface area contributed by atoms with Crippen LogP contribution in [0.2, 0.25) is 5.02 Å². The number of halogens is 2. The number of nitrogens with zero attached hydrogens (tertiary/aromatic N) is 1. The standard InChI is InChI=1S/C20H28ClN3O3.ClH/c21-17-12-15(4-5-16(17)19(26)24-8-10-27-11-9-24)23-18(25)13-20(14-22)6-2-1-3-7-20;/h4-5,12H,1-3,6-11,13-14,22H2,(H,23,25);1H. The van der Waals surface area contributed by atoms with E-state index in [2.05, 4.69) is 5.32 Å². The number of amides is 2. The fourth-order valence-electron chi connectivity index (χ4n) is 4.00. The lowest BCUT2D eigenvalue weighted by molar-refractivity contribution is -0.118. The van der Waals surface area contributed by atoms with Gasteiger partial charge in [0, 0.05) is 25.2 Å². The van der Waals surface area contributed by atoms with Gasteiger partial charge in [-0.05, 0) is 43.0 Å². The van der Waals surface area contributed by atoms with Gasteiger partial charge in [-0.1, -0.05) is 30.9 Å². The first kappa shape index (κ1) is 22.9. The second-order valence-corrected chi connectivity index (χ2v) is 8.00. The molecule has 3 N–H and O–H groups in total. The molecule has 1 saturated heterocycles. The maximum Gasteiger partial charge on any atom is 0.255 e. The van der Waals surface area contributed by atoms with Gasteiger partial charge in [0.25, 0.3) is 5.91 Å². The van der Waals surface area contributed by atoms with E-state index in [0.717, 1.165) is 25.7 Å². The topological polar surface area (TPSA) is 84.7 Å². The molecule has 0 aromatic heterocycles. The number of carbonyl (C=O) groups is 2. The third-order valence-electron chi connectivity index (χ3n) is 5.66. The molecule has 0 radical (unpaired) electrons. The SMILES string of the molecule is Cl.NCC1(CC(=O)Nc2ccc(C(=O)N3CCOCC3)c(Cl)c2)CCCCC1. The molecule has 1 saturated carbocycles. The van der Waals surface area contributed by atoms with Crippen molar-refractivity contribution in [3.63, 3.8) is 0 Å². The monoisotopic (exact) mass is 429 g/mol. The molecule has 156 valence electrons. The van der Waals surface area contributed by atoms with Crippen LogP contribution in [0.4, 0.5) is 5.69 Å². The van der Waals surface area contributed by atoms with Gasteiger partial charge in [-0.25, -0.2) is 0 Å². The Morgan fingerprint density at radius 1 is 1.18 bits per heavy atom. The number of anilines is 1. The summed E-state index contributed by atoms with van der Waals surface area (Å²) in [5, 5.41) is 3.25. The van der Waals surface area contributed by atoms with Crippen molar-refractivity contribution in [2.75, 3.05) is 38.2 Å². The first-order valence-corrected chi connectivity index (χ1v) is 10.1. The lowest BCUT2D eigenvalue weighted by Crippen LogP contribution is -2.40. The Balaban J connectivity index is 0.00000280. The molecule has 1 aromatic carbocycles. The third-order valence-corrected chi connectivity index (χ3v) is 5.98. The molecule has 1 aliphatic carbocycles. The van der Waals surface area contributed by atoms with Crippen molar-refractivity contribution in [1.29, 1.82) is 0 Å². The average Bonchev–Trinajstić information content (AvgIpc) is 2.69. The van der Waals surface area contributed by atoms with Crippen LogP contribution >= 0.6 is 24.0 Å². The summed E-state index contributed by atoms with van der Waals surface area (Å²) in [5.41, 5.74) is 6.94. The molecule has 0 atom stereocenters. The normalized spacial score (nSPS) is 18.9. The van der Waals surface area contributed by atoms with E-state index in [4.69, 9.17) is 22.1 Å². The average molecular weight is 430 g/mol. The molecule has 6 nitrogen and oxygen atoms in total. The number of benzene rings is 1. The molecular weight excluding hydrogens is 401 g/mol. The number of hydrogen-bond donors (Lipinski definition) is 2. The minimum absolute atomic E-state index is 0. The largest absolute Gasteiger partial charge is 0.378 e. The zero-order valence-corrected chi connectivity index (χ0v) is 17.6. The Bertz CT molecular complexity index is 687. The van der Waals surface area contributed by atoms with Crippen LogP contribution in [0.1, 0.15) is 48.9 Å². The number of morpholine rings is 1. The number of hydrogen-bond acceptors (Lipinski definition) is 4. The summed E-state index contributed by atoms with van der Waals surface area (Å²) in [5.74, 6) is -0.156. The minimum Gasteiger partial charge on any atom is -0.378 e. The van der Waals surface area contributed by atoms with Gasteiger partial charge < -0.3 is 20.7 Å². The molecule has 1 aromatic rings.